The van der Waals surface area contributed by atoms with Gasteiger partial charge in [-0.15, -0.1) is 0 Å². The molecular formula is C19H31N3O3. The summed E-state index contributed by atoms with van der Waals surface area (Å²) in [6.45, 7) is 10.4. The number of urea groups is 1. The third-order valence-electron chi connectivity index (χ3n) is 3.28. The van der Waals surface area contributed by atoms with Crippen LogP contribution < -0.4 is 16.0 Å². The van der Waals surface area contributed by atoms with E-state index in [0.29, 0.717) is 19.0 Å². The van der Waals surface area contributed by atoms with Crippen molar-refractivity contribution in [2.45, 2.75) is 59.2 Å². The first kappa shape index (κ1) is 20.8. The maximum atomic E-state index is 12.0. The molecular weight excluding hydrogens is 318 g/mol. The van der Waals surface area contributed by atoms with Gasteiger partial charge < -0.3 is 20.7 Å². The highest BCUT2D eigenvalue weighted by Crippen LogP contribution is 2.09. The summed E-state index contributed by atoms with van der Waals surface area (Å²) in [5.74, 6) is 0.383. The largest absolute Gasteiger partial charge is 0.444 e. The Bertz CT molecular complexity index is 539. The van der Waals surface area contributed by atoms with E-state index in [1.165, 1.54) is 0 Å². The first-order valence-corrected chi connectivity index (χ1v) is 8.71. The molecule has 1 rings (SSSR count). The zero-order chi connectivity index (χ0) is 18.9. The number of benzene rings is 1. The van der Waals surface area contributed by atoms with Crippen LogP contribution in [0.25, 0.3) is 0 Å². The minimum atomic E-state index is -0.549. The molecule has 25 heavy (non-hydrogen) atoms. The monoisotopic (exact) mass is 349 g/mol. The third-order valence-corrected chi connectivity index (χ3v) is 3.28. The molecule has 0 spiro atoms. The Morgan fingerprint density at radius 2 is 1.72 bits per heavy atom. The fourth-order valence-corrected chi connectivity index (χ4v) is 2.29. The van der Waals surface area contributed by atoms with E-state index in [4.69, 9.17) is 4.74 Å². The fraction of sp³-hybridized carbons (Fsp3) is 0.579. The maximum absolute atomic E-state index is 12.0. The van der Waals surface area contributed by atoms with E-state index >= 15 is 0 Å². The molecule has 0 saturated heterocycles. The lowest BCUT2D eigenvalue weighted by molar-refractivity contribution is 0.0498. The predicted molar refractivity (Wildman–Crippen MR) is 99.3 cm³/mol. The molecule has 0 bridgehead atoms. The second kappa shape index (κ2) is 9.91. The van der Waals surface area contributed by atoms with Crippen LogP contribution in [0.3, 0.4) is 0 Å². The first-order valence-electron chi connectivity index (χ1n) is 8.71. The van der Waals surface area contributed by atoms with Crippen LogP contribution in [0.5, 0.6) is 0 Å². The van der Waals surface area contributed by atoms with Gasteiger partial charge in [-0.3, -0.25) is 0 Å². The van der Waals surface area contributed by atoms with Gasteiger partial charge in [-0.25, -0.2) is 9.59 Å². The molecule has 0 heterocycles. The molecule has 0 saturated carbocycles. The number of carbonyl (C=O) groups is 2. The van der Waals surface area contributed by atoms with Crippen LogP contribution in [0.15, 0.2) is 30.3 Å². The van der Waals surface area contributed by atoms with Crippen molar-refractivity contribution in [3.05, 3.63) is 35.9 Å². The first-order chi connectivity index (χ1) is 11.7. The second-order valence-corrected chi connectivity index (χ2v) is 7.52. The van der Waals surface area contributed by atoms with E-state index in [2.05, 4.69) is 29.8 Å². The van der Waals surface area contributed by atoms with E-state index in [9.17, 15) is 9.59 Å². The summed E-state index contributed by atoms with van der Waals surface area (Å²) in [5, 5.41) is 8.44. The molecule has 1 aromatic carbocycles. The third kappa shape index (κ3) is 10.3. The number of nitrogens with one attached hydrogen (secondary N) is 3. The summed E-state index contributed by atoms with van der Waals surface area (Å²) in [7, 11) is 0. The van der Waals surface area contributed by atoms with Crippen LogP contribution >= 0.6 is 0 Å². The average Bonchev–Trinajstić information content (AvgIpc) is 2.49. The topological polar surface area (TPSA) is 79.5 Å². The molecule has 6 nitrogen and oxygen atoms in total. The van der Waals surface area contributed by atoms with Crippen LogP contribution in [0.2, 0.25) is 0 Å². The number of rotatable bonds is 7. The van der Waals surface area contributed by atoms with Crippen molar-refractivity contribution < 1.29 is 14.3 Å². The number of hydrogen-bond donors (Lipinski definition) is 3. The molecule has 0 unspecified atom stereocenters. The van der Waals surface area contributed by atoms with Crippen LogP contribution in [-0.2, 0) is 11.3 Å². The van der Waals surface area contributed by atoms with Crippen molar-refractivity contribution in [3.8, 4) is 0 Å². The Labute approximate surface area is 150 Å². The van der Waals surface area contributed by atoms with E-state index in [1.807, 2.05) is 51.1 Å². The molecule has 140 valence electrons. The van der Waals surface area contributed by atoms with Crippen LogP contribution in [0.4, 0.5) is 9.59 Å². The van der Waals surface area contributed by atoms with Crippen LogP contribution in [0.1, 0.15) is 46.6 Å². The second-order valence-electron chi connectivity index (χ2n) is 7.52. The van der Waals surface area contributed by atoms with Crippen molar-refractivity contribution in [2.24, 2.45) is 5.92 Å². The van der Waals surface area contributed by atoms with Gasteiger partial charge in [0.15, 0.2) is 0 Å². The Morgan fingerprint density at radius 3 is 2.28 bits per heavy atom. The summed E-state index contributed by atoms with van der Waals surface area (Å²) in [6, 6.07) is 9.25. The average molecular weight is 349 g/mol. The van der Waals surface area contributed by atoms with Crippen LogP contribution in [-0.4, -0.2) is 30.3 Å². The Morgan fingerprint density at radius 1 is 1.08 bits per heavy atom. The van der Waals surface area contributed by atoms with Gasteiger partial charge in [0.2, 0.25) is 0 Å². The summed E-state index contributed by atoms with van der Waals surface area (Å²) in [5.41, 5.74) is 0.482. The minimum Gasteiger partial charge on any atom is -0.444 e. The minimum absolute atomic E-state index is 0.183. The van der Waals surface area contributed by atoms with Gasteiger partial charge in [-0.2, -0.15) is 0 Å². The quantitative estimate of drug-likeness (QED) is 0.705. The Kier molecular flexibility index (Phi) is 8.25. The molecule has 1 atom stereocenters. The van der Waals surface area contributed by atoms with Gasteiger partial charge in [0.05, 0.1) is 0 Å². The Hall–Kier alpha value is -2.24. The highest BCUT2D eigenvalue weighted by molar-refractivity contribution is 5.74. The van der Waals surface area contributed by atoms with Crippen molar-refractivity contribution >= 4 is 12.1 Å². The van der Waals surface area contributed by atoms with Gasteiger partial charge in [0, 0.05) is 19.1 Å². The molecule has 0 aliphatic heterocycles. The summed E-state index contributed by atoms with van der Waals surface area (Å²) in [4.78, 5) is 23.9. The van der Waals surface area contributed by atoms with E-state index in [0.717, 1.165) is 12.0 Å². The van der Waals surface area contributed by atoms with Crippen molar-refractivity contribution in [1.82, 2.24) is 16.0 Å². The number of amides is 3. The van der Waals surface area contributed by atoms with Crippen molar-refractivity contribution in [3.63, 3.8) is 0 Å². The normalized spacial score (nSPS) is 12.4. The highest BCUT2D eigenvalue weighted by atomic mass is 16.6. The van der Waals surface area contributed by atoms with Crippen molar-refractivity contribution in [2.75, 3.05) is 6.54 Å². The van der Waals surface area contributed by atoms with Gasteiger partial charge in [-0.05, 0) is 38.7 Å². The molecule has 0 aliphatic carbocycles. The van der Waals surface area contributed by atoms with Crippen LogP contribution in [0, 0.1) is 5.92 Å². The Balaban J connectivity index is 2.43. The van der Waals surface area contributed by atoms with E-state index in [1.54, 1.807) is 0 Å². The van der Waals surface area contributed by atoms with Gasteiger partial charge in [-0.1, -0.05) is 44.2 Å². The smallest absolute Gasteiger partial charge is 0.407 e. The molecule has 3 amide bonds. The van der Waals surface area contributed by atoms with Gasteiger partial charge in [0.1, 0.15) is 5.60 Å². The van der Waals surface area contributed by atoms with E-state index < -0.39 is 11.7 Å². The summed E-state index contributed by atoms with van der Waals surface area (Å²) in [6.07, 6.45) is 0.280. The molecule has 6 heteroatoms. The lowest BCUT2D eigenvalue weighted by Crippen LogP contribution is -2.48. The number of hydrogen-bond acceptors (Lipinski definition) is 3. The van der Waals surface area contributed by atoms with Gasteiger partial charge in [0.25, 0.3) is 0 Å². The molecule has 0 aromatic heterocycles. The standard InChI is InChI=1S/C19H31N3O3/c1-14(2)11-16(22-18(24)25-19(3,4)5)13-21-17(23)20-12-15-9-7-6-8-10-15/h6-10,14,16H,11-13H2,1-5H3,(H,22,24)(H2,20,21,23)/t16-/m0/s1. The summed E-state index contributed by atoms with van der Waals surface area (Å²) < 4.78 is 5.28. The molecule has 0 fully saturated rings. The predicted octanol–water partition coefficient (Wildman–Crippen LogP) is 3.43. The molecule has 1 aromatic rings. The SMILES string of the molecule is CC(C)C[C@@H](CNC(=O)NCc1ccccc1)NC(=O)OC(C)(C)C. The van der Waals surface area contributed by atoms with Crippen molar-refractivity contribution in [1.29, 1.82) is 0 Å². The zero-order valence-electron chi connectivity index (χ0n) is 15.9. The number of ether oxygens (including phenoxy) is 1. The van der Waals surface area contributed by atoms with E-state index in [-0.39, 0.29) is 12.1 Å². The lowest BCUT2D eigenvalue weighted by Gasteiger charge is -2.25. The molecule has 0 aliphatic rings. The lowest BCUT2D eigenvalue weighted by atomic mass is 10.0. The summed E-state index contributed by atoms with van der Waals surface area (Å²) >= 11 is 0. The maximum Gasteiger partial charge on any atom is 0.407 e. The molecule has 0 radical (unpaired) electrons. The zero-order valence-corrected chi connectivity index (χ0v) is 15.9. The number of carbonyl (C=O) groups excluding carboxylic acids is 2. The van der Waals surface area contributed by atoms with Gasteiger partial charge >= 0.3 is 12.1 Å². The molecule has 3 N–H and O–H groups in total. The fourth-order valence-electron chi connectivity index (χ4n) is 2.29. The highest BCUT2D eigenvalue weighted by Gasteiger charge is 2.20. The number of alkyl carbamates (subject to hydrolysis) is 1.